The third-order valence-electron chi connectivity index (χ3n) is 3.79. The van der Waals surface area contributed by atoms with Gasteiger partial charge in [-0.1, -0.05) is 13.8 Å². The van der Waals surface area contributed by atoms with Crippen LogP contribution in [0.1, 0.15) is 26.6 Å². The van der Waals surface area contributed by atoms with Gasteiger partial charge in [0, 0.05) is 6.54 Å². The van der Waals surface area contributed by atoms with Gasteiger partial charge in [0.1, 0.15) is 12.2 Å². The van der Waals surface area contributed by atoms with Crippen molar-refractivity contribution in [2.24, 2.45) is 17.3 Å². The Morgan fingerprint density at radius 2 is 2.16 bits per heavy atom. The van der Waals surface area contributed by atoms with Crippen molar-refractivity contribution < 1.29 is 14.7 Å². The van der Waals surface area contributed by atoms with Gasteiger partial charge in [0.25, 0.3) is 0 Å². The summed E-state index contributed by atoms with van der Waals surface area (Å²) in [6.45, 7) is 6.48. The standard InChI is InChI=1S/C12H18N4O3/c1-4-16-7(14-6-15-16)5-13-10(17)8-9(11(18)19)12(8,2)3/h6,8-9H,4-5H2,1-3H3,(H,13,17)(H,18,19)/t8-,9+/m0/s1. The number of amides is 1. The highest BCUT2D eigenvalue weighted by Crippen LogP contribution is 2.58. The maximum Gasteiger partial charge on any atom is 0.307 e. The van der Waals surface area contributed by atoms with E-state index >= 15 is 0 Å². The van der Waals surface area contributed by atoms with Crippen LogP contribution in [-0.4, -0.2) is 31.7 Å². The second-order valence-corrected chi connectivity index (χ2v) is 5.32. The summed E-state index contributed by atoms with van der Waals surface area (Å²) in [6.07, 6.45) is 1.44. The van der Waals surface area contributed by atoms with Gasteiger partial charge in [0.15, 0.2) is 0 Å². The van der Waals surface area contributed by atoms with Crippen molar-refractivity contribution in [3.05, 3.63) is 12.2 Å². The van der Waals surface area contributed by atoms with Crippen molar-refractivity contribution in [1.29, 1.82) is 0 Å². The summed E-state index contributed by atoms with van der Waals surface area (Å²) >= 11 is 0. The Kier molecular flexibility index (Phi) is 3.30. The molecule has 1 fully saturated rings. The lowest BCUT2D eigenvalue weighted by Crippen LogP contribution is -2.28. The largest absolute Gasteiger partial charge is 0.481 e. The number of carbonyl (C=O) groups is 2. The van der Waals surface area contributed by atoms with Gasteiger partial charge >= 0.3 is 5.97 Å². The number of aliphatic carboxylic acids is 1. The monoisotopic (exact) mass is 266 g/mol. The minimum atomic E-state index is -0.915. The molecule has 1 aliphatic rings. The molecular formula is C12H18N4O3. The third kappa shape index (κ3) is 2.32. The summed E-state index contributed by atoms with van der Waals surface area (Å²) in [5.74, 6) is -1.55. The Morgan fingerprint density at radius 1 is 1.47 bits per heavy atom. The smallest absolute Gasteiger partial charge is 0.307 e. The normalized spacial score (nSPS) is 23.9. The van der Waals surface area contributed by atoms with Crippen molar-refractivity contribution >= 4 is 11.9 Å². The van der Waals surface area contributed by atoms with Crippen LogP contribution in [0.4, 0.5) is 0 Å². The van der Waals surface area contributed by atoms with Gasteiger partial charge < -0.3 is 10.4 Å². The molecular weight excluding hydrogens is 248 g/mol. The van der Waals surface area contributed by atoms with E-state index in [1.165, 1.54) is 6.33 Å². The van der Waals surface area contributed by atoms with Crippen LogP contribution >= 0.6 is 0 Å². The van der Waals surface area contributed by atoms with Crippen LogP contribution in [0.5, 0.6) is 0 Å². The van der Waals surface area contributed by atoms with Gasteiger partial charge in [0.2, 0.25) is 5.91 Å². The second kappa shape index (κ2) is 4.64. The van der Waals surface area contributed by atoms with E-state index in [-0.39, 0.29) is 12.5 Å². The maximum atomic E-state index is 12.0. The number of nitrogens with zero attached hydrogens (tertiary/aromatic N) is 3. The zero-order valence-corrected chi connectivity index (χ0v) is 11.3. The molecule has 0 spiro atoms. The van der Waals surface area contributed by atoms with Gasteiger partial charge in [-0.15, -0.1) is 0 Å². The van der Waals surface area contributed by atoms with Crippen molar-refractivity contribution in [2.45, 2.75) is 33.9 Å². The molecule has 1 aliphatic carbocycles. The third-order valence-corrected chi connectivity index (χ3v) is 3.79. The summed E-state index contributed by atoms with van der Waals surface area (Å²) in [5, 5.41) is 15.8. The predicted molar refractivity (Wildman–Crippen MR) is 65.9 cm³/mol. The van der Waals surface area contributed by atoms with Gasteiger partial charge in [0.05, 0.1) is 18.4 Å². The SMILES string of the molecule is CCn1ncnc1CNC(=O)[C@@H]1[C@H](C(=O)O)C1(C)C. The number of hydrogen-bond donors (Lipinski definition) is 2. The van der Waals surface area contributed by atoms with Crippen LogP contribution in [-0.2, 0) is 22.7 Å². The molecule has 0 aromatic carbocycles. The van der Waals surface area contributed by atoms with E-state index in [9.17, 15) is 9.59 Å². The van der Waals surface area contributed by atoms with Crippen molar-refractivity contribution in [2.75, 3.05) is 0 Å². The molecule has 0 aliphatic heterocycles. The van der Waals surface area contributed by atoms with Crippen molar-refractivity contribution in [1.82, 2.24) is 20.1 Å². The fraction of sp³-hybridized carbons (Fsp3) is 0.667. The highest BCUT2D eigenvalue weighted by molar-refractivity contribution is 5.91. The number of nitrogens with one attached hydrogen (secondary N) is 1. The first-order chi connectivity index (χ1) is 8.89. The van der Waals surface area contributed by atoms with Crippen LogP contribution in [0.3, 0.4) is 0 Å². The number of carboxylic acid groups (broad SMARTS) is 1. The number of aromatic nitrogens is 3. The lowest BCUT2D eigenvalue weighted by atomic mass is 10.1. The Bertz CT molecular complexity index is 509. The molecule has 1 amide bonds. The molecule has 0 bridgehead atoms. The zero-order chi connectivity index (χ0) is 14.2. The Hall–Kier alpha value is -1.92. The summed E-state index contributed by atoms with van der Waals surface area (Å²) in [7, 11) is 0. The average Bonchev–Trinajstić information content (AvgIpc) is 2.72. The lowest BCUT2D eigenvalue weighted by Gasteiger charge is -2.06. The van der Waals surface area contributed by atoms with Crippen LogP contribution in [0.15, 0.2) is 6.33 Å². The molecule has 0 unspecified atom stereocenters. The summed E-state index contributed by atoms with van der Waals surface area (Å²) in [5.41, 5.74) is -0.478. The highest BCUT2D eigenvalue weighted by atomic mass is 16.4. The molecule has 1 aromatic heterocycles. The van der Waals surface area contributed by atoms with Gasteiger partial charge in [-0.3, -0.25) is 9.59 Å². The molecule has 7 nitrogen and oxygen atoms in total. The summed E-state index contributed by atoms with van der Waals surface area (Å²) in [4.78, 5) is 27.1. The molecule has 1 aromatic rings. The molecule has 2 rings (SSSR count). The highest BCUT2D eigenvalue weighted by Gasteiger charge is 2.65. The van der Waals surface area contributed by atoms with E-state index < -0.39 is 23.2 Å². The Labute approximate surface area is 111 Å². The quantitative estimate of drug-likeness (QED) is 0.797. The van der Waals surface area contributed by atoms with Gasteiger partial charge in [-0.2, -0.15) is 5.10 Å². The van der Waals surface area contributed by atoms with E-state index in [0.29, 0.717) is 12.4 Å². The van der Waals surface area contributed by atoms with Gasteiger partial charge in [-0.05, 0) is 12.3 Å². The topological polar surface area (TPSA) is 97.1 Å². The number of carbonyl (C=O) groups excluding carboxylic acids is 1. The minimum Gasteiger partial charge on any atom is -0.481 e. The maximum absolute atomic E-state index is 12.0. The van der Waals surface area contributed by atoms with E-state index in [1.807, 2.05) is 6.92 Å². The molecule has 0 radical (unpaired) electrons. The molecule has 1 heterocycles. The Balaban J connectivity index is 1.95. The van der Waals surface area contributed by atoms with E-state index in [2.05, 4.69) is 15.4 Å². The molecule has 2 N–H and O–H groups in total. The fourth-order valence-corrected chi connectivity index (χ4v) is 2.55. The first-order valence-electron chi connectivity index (χ1n) is 6.26. The fourth-order valence-electron chi connectivity index (χ4n) is 2.55. The van der Waals surface area contributed by atoms with Crippen molar-refractivity contribution in [3.63, 3.8) is 0 Å². The molecule has 0 saturated heterocycles. The Morgan fingerprint density at radius 3 is 2.68 bits per heavy atom. The van der Waals surface area contributed by atoms with Crippen LogP contribution in [0.25, 0.3) is 0 Å². The van der Waals surface area contributed by atoms with Crippen LogP contribution < -0.4 is 5.32 Å². The second-order valence-electron chi connectivity index (χ2n) is 5.32. The van der Waals surface area contributed by atoms with E-state index in [0.717, 1.165) is 0 Å². The van der Waals surface area contributed by atoms with Crippen LogP contribution in [0.2, 0.25) is 0 Å². The van der Waals surface area contributed by atoms with E-state index in [1.54, 1.807) is 18.5 Å². The number of aryl methyl sites for hydroxylation is 1. The van der Waals surface area contributed by atoms with Crippen LogP contribution in [0, 0.1) is 17.3 Å². The molecule has 19 heavy (non-hydrogen) atoms. The molecule has 1 saturated carbocycles. The lowest BCUT2D eigenvalue weighted by molar-refractivity contribution is -0.140. The predicted octanol–water partition coefficient (Wildman–Crippen LogP) is 0.271. The van der Waals surface area contributed by atoms with Crippen molar-refractivity contribution in [3.8, 4) is 0 Å². The number of carboxylic acids is 1. The molecule has 2 atom stereocenters. The minimum absolute atomic E-state index is 0.233. The zero-order valence-electron chi connectivity index (χ0n) is 11.3. The summed E-state index contributed by atoms with van der Waals surface area (Å²) < 4.78 is 1.69. The number of rotatable bonds is 5. The summed E-state index contributed by atoms with van der Waals surface area (Å²) in [6, 6.07) is 0. The van der Waals surface area contributed by atoms with E-state index in [4.69, 9.17) is 5.11 Å². The van der Waals surface area contributed by atoms with Gasteiger partial charge in [-0.25, -0.2) is 9.67 Å². The first-order valence-corrected chi connectivity index (χ1v) is 6.26. The number of hydrogen-bond acceptors (Lipinski definition) is 4. The average molecular weight is 266 g/mol. The molecule has 104 valence electrons. The first kappa shape index (κ1) is 13.5. The molecule has 7 heteroatoms.